The van der Waals surface area contributed by atoms with Gasteiger partial charge >= 0.3 is 0 Å². The van der Waals surface area contributed by atoms with Crippen molar-refractivity contribution in [1.82, 2.24) is 24.3 Å². The molecular formula is C24H26N6O2. The number of hydrogen-bond donors (Lipinski definition) is 0. The van der Waals surface area contributed by atoms with Gasteiger partial charge in [0.05, 0.1) is 25.5 Å². The van der Waals surface area contributed by atoms with Gasteiger partial charge in [-0.25, -0.2) is 4.52 Å². The number of ether oxygens (including phenoxy) is 1. The highest BCUT2D eigenvalue weighted by Crippen LogP contribution is 2.55. The molecule has 4 heterocycles. The van der Waals surface area contributed by atoms with Crippen LogP contribution in [0.25, 0.3) is 16.6 Å². The van der Waals surface area contributed by atoms with Crippen LogP contribution in [0.1, 0.15) is 43.0 Å². The number of nitrogens with zero attached hydrogens (tertiary/aromatic N) is 6. The van der Waals surface area contributed by atoms with E-state index in [9.17, 15) is 10.1 Å². The minimum absolute atomic E-state index is 0.0368. The molecule has 1 amide bonds. The molecule has 164 valence electrons. The number of aromatic nitrogens is 4. The molecule has 2 aliphatic rings. The van der Waals surface area contributed by atoms with Crippen LogP contribution in [0.3, 0.4) is 0 Å². The van der Waals surface area contributed by atoms with E-state index in [0.29, 0.717) is 28.3 Å². The Morgan fingerprint density at radius 1 is 1.31 bits per heavy atom. The standard InChI is InChI=1S/C24H26N6O2/c1-4-22(31)28-7-5-24(6-8-28)10-19(11-24)30-16(2)20(14-27-30)17-9-21(32-3)23-18(12-25)13-26-29(23)15-17/h4,9,13-15,19H,1,5-8,10-11H2,2-3H3. The number of likely N-dealkylation sites (tertiary alicyclic amines) is 1. The topological polar surface area (TPSA) is 88.5 Å². The van der Waals surface area contributed by atoms with E-state index in [0.717, 1.165) is 55.6 Å². The third kappa shape index (κ3) is 3.08. The summed E-state index contributed by atoms with van der Waals surface area (Å²) in [4.78, 5) is 13.8. The first kappa shape index (κ1) is 20.3. The summed E-state index contributed by atoms with van der Waals surface area (Å²) in [7, 11) is 1.60. The lowest BCUT2D eigenvalue weighted by Gasteiger charge is -2.52. The summed E-state index contributed by atoms with van der Waals surface area (Å²) in [6.07, 6.45) is 11.1. The number of rotatable bonds is 4. The Labute approximate surface area is 186 Å². The van der Waals surface area contributed by atoms with Crippen molar-refractivity contribution in [1.29, 1.82) is 5.26 Å². The van der Waals surface area contributed by atoms with Gasteiger partial charge in [0.1, 0.15) is 22.9 Å². The van der Waals surface area contributed by atoms with Crippen molar-refractivity contribution in [2.75, 3.05) is 20.2 Å². The molecule has 1 aliphatic heterocycles. The largest absolute Gasteiger partial charge is 0.494 e. The number of nitriles is 1. The van der Waals surface area contributed by atoms with Gasteiger partial charge in [0.2, 0.25) is 5.91 Å². The third-order valence-corrected chi connectivity index (χ3v) is 7.27. The lowest BCUT2D eigenvalue weighted by atomic mass is 9.60. The van der Waals surface area contributed by atoms with Crippen molar-refractivity contribution >= 4 is 11.4 Å². The fraction of sp³-hybridized carbons (Fsp3) is 0.417. The quantitative estimate of drug-likeness (QED) is 0.591. The van der Waals surface area contributed by atoms with Crippen molar-refractivity contribution < 1.29 is 9.53 Å². The number of hydrogen-bond acceptors (Lipinski definition) is 5. The minimum atomic E-state index is 0.0368. The number of amides is 1. The lowest BCUT2D eigenvalue weighted by molar-refractivity contribution is -0.130. The van der Waals surface area contributed by atoms with Crippen LogP contribution in [0, 0.1) is 23.7 Å². The molecule has 5 rings (SSSR count). The molecule has 0 atom stereocenters. The first-order valence-corrected chi connectivity index (χ1v) is 10.9. The molecule has 0 unspecified atom stereocenters. The average Bonchev–Trinajstić information content (AvgIpc) is 3.39. The summed E-state index contributed by atoms with van der Waals surface area (Å²) in [5.74, 6) is 0.655. The Balaban J connectivity index is 1.36. The van der Waals surface area contributed by atoms with Gasteiger partial charge in [-0.3, -0.25) is 9.48 Å². The van der Waals surface area contributed by atoms with Crippen LogP contribution in [-0.2, 0) is 4.79 Å². The van der Waals surface area contributed by atoms with Crippen LogP contribution in [0.2, 0.25) is 0 Å². The van der Waals surface area contributed by atoms with E-state index >= 15 is 0 Å². The van der Waals surface area contributed by atoms with Gasteiger partial charge in [-0.2, -0.15) is 15.5 Å². The van der Waals surface area contributed by atoms with Crippen LogP contribution < -0.4 is 4.74 Å². The first-order chi connectivity index (χ1) is 15.5. The smallest absolute Gasteiger partial charge is 0.245 e. The maximum atomic E-state index is 11.9. The summed E-state index contributed by atoms with van der Waals surface area (Å²) in [5.41, 5.74) is 4.58. The molecule has 32 heavy (non-hydrogen) atoms. The molecule has 3 aromatic heterocycles. The van der Waals surface area contributed by atoms with Crippen molar-refractivity contribution in [3.63, 3.8) is 0 Å². The molecule has 0 bridgehead atoms. The van der Waals surface area contributed by atoms with Crippen LogP contribution in [0.5, 0.6) is 5.75 Å². The predicted octanol–water partition coefficient (Wildman–Crippen LogP) is 3.52. The second-order valence-corrected chi connectivity index (χ2v) is 8.94. The zero-order valence-corrected chi connectivity index (χ0v) is 18.4. The van der Waals surface area contributed by atoms with Gasteiger partial charge in [0.15, 0.2) is 0 Å². The summed E-state index contributed by atoms with van der Waals surface area (Å²) in [6, 6.07) is 4.49. The monoisotopic (exact) mass is 430 g/mol. The molecule has 1 aliphatic carbocycles. The van der Waals surface area contributed by atoms with Gasteiger partial charge in [-0.1, -0.05) is 6.58 Å². The molecule has 8 heteroatoms. The molecule has 1 saturated heterocycles. The molecule has 1 saturated carbocycles. The van der Waals surface area contributed by atoms with Gasteiger partial charge in [-0.05, 0) is 50.2 Å². The molecule has 0 N–H and O–H groups in total. The minimum Gasteiger partial charge on any atom is -0.494 e. The zero-order valence-electron chi connectivity index (χ0n) is 18.4. The number of methoxy groups -OCH3 is 1. The molecule has 3 aromatic rings. The van der Waals surface area contributed by atoms with Crippen molar-refractivity contribution in [2.24, 2.45) is 5.41 Å². The summed E-state index contributed by atoms with van der Waals surface area (Å²) in [5, 5.41) is 18.4. The van der Waals surface area contributed by atoms with E-state index in [1.165, 1.54) is 6.08 Å². The van der Waals surface area contributed by atoms with Crippen molar-refractivity contribution in [3.8, 4) is 22.9 Å². The lowest BCUT2D eigenvalue weighted by Crippen LogP contribution is -2.49. The highest BCUT2D eigenvalue weighted by Gasteiger charge is 2.47. The van der Waals surface area contributed by atoms with E-state index in [1.807, 2.05) is 23.4 Å². The molecule has 8 nitrogen and oxygen atoms in total. The number of carbonyl (C=O) groups excluding carboxylic acids is 1. The Morgan fingerprint density at radius 3 is 2.72 bits per heavy atom. The molecular weight excluding hydrogens is 404 g/mol. The summed E-state index contributed by atoms with van der Waals surface area (Å²) >= 11 is 0. The molecule has 2 fully saturated rings. The van der Waals surface area contributed by atoms with Crippen molar-refractivity contribution in [2.45, 2.75) is 38.6 Å². The van der Waals surface area contributed by atoms with E-state index < -0.39 is 0 Å². The fourth-order valence-electron chi connectivity index (χ4n) is 5.40. The maximum Gasteiger partial charge on any atom is 0.245 e. The SMILES string of the molecule is C=CC(=O)N1CCC2(CC1)CC(n1ncc(-c3cc(OC)c4c(C#N)cnn4c3)c1C)C2. The third-order valence-electron chi connectivity index (χ3n) is 7.27. The second kappa shape index (κ2) is 7.52. The van der Waals surface area contributed by atoms with E-state index in [2.05, 4.69) is 29.4 Å². The van der Waals surface area contributed by atoms with Crippen LogP contribution >= 0.6 is 0 Å². The van der Waals surface area contributed by atoms with E-state index in [-0.39, 0.29) is 5.91 Å². The molecule has 0 aromatic carbocycles. The Hall–Kier alpha value is -3.60. The van der Waals surface area contributed by atoms with E-state index in [1.54, 1.807) is 17.8 Å². The van der Waals surface area contributed by atoms with Crippen LogP contribution in [0.15, 0.2) is 37.3 Å². The van der Waals surface area contributed by atoms with Gasteiger partial charge in [-0.15, -0.1) is 0 Å². The summed E-state index contributed by atoms with van der Waals surface area (Å²) < 4.78 is 9.39. The predicted molar refractivity (Wildman–Crippen MR) is 119 cm³/mol. The van der Waals surface area contributed by atoms with Crippen molar-refractivity contribution in [3.05, 3.63) is 48.6 Å². The fourth-order valence-corrected chi connectivity index (χ4v) is 5.40. The zero-order chi connectivity index (χ0) is 22.5. The second-order valence-electron chi connectivity index (χ2n) is 8.94. The normalized spacial score (nSPS) is 17.8. The number of piperidine rings is 1. The van der Waals surface area contributed by atoms with Gasteiger partial charge in [0.25, 0.3) is 0 Å². The van der Waals surface area contributed by atoms with Gasteiger partial charge < -0.3 is 9.64 Å². The maximum absolute atomic E-state index is 11.9. The van der Waals surface area contributed by atoms with Gasteiger partial charge in [0, 0.05) is 36.1 Å². The Kier molecular flexibility index (Phi) is 4.77. The first-order valence-electron chi connectivity index (χ1n) is 10.9. The van der Waals surface area contributed by atoms with Crippen LogP contribution in [0.4, 0.5) is 0 Å². The molecule has 0 radical (unpaired) electrons. The number of pyridine rings is 1. The highest BCUT2D eigenvalue weighted by molar-refractivity contribution is 5.87. The molecule has 1 spiro atoms. The Morgan fingerprint density at radius 2 is 2.06 bits per heavy atom. The Bertz CT molecular complexity index is 1250. The summed E-state index contributed by atoms with van der Waals surface area (Å²) in [6.45, 7) is 7.32. The van der Waals surface area contributed by atoms with Crippen LogP contribution in [-0.4, -0.2) is 50.4 Å². The van der Waals surface area contributed by atoms with E-state index in [4.69, 9.17) is 9.84 Å². The highest BCUT2D eigenvalue weighted by atomic mass is 16.5. The number of carbonyl (C=O) groups is 1. The number of fused-ring (bicyclic) bond motifs is 1. The average molecular weight is 431 g/mol.